The number of anilines is 1. The Morgan fingerprint density at radius 2 is 2.18 bits per heavy atom. The fourth-order valence-electron chi connectivity index (χ4n) is 2.16. The summed E-state index contributed by atoms with van der Waals surface area (Å²) in [6, 6.07) is 7.90. The molecule has 114 valence electrons. The highest BCUT2D eigenvalue weighted by atomic mass is 32.1. The summed E-state index contributed by atoms with van der Waals surface area (Å²) >= 11 is 2.98. The van der Waals surface area contributed by atoms with Crippen molar-refractivity contribution in [2.45, 2.75) is 26.3 Å². The molecule has 0 aliphatic heterocycles. The summed E-state index contributed by atoms with van der Waals surface area (Å²) in [6.07, 6.45) is 0. The number of nitrogen functional groups attached to an aromatic ring is 1. The highest BCUT2D eigenvalue weighted by Gasteiger charge is 2.17. The predicted molar refractivity (Wildman–Crippen MR) is 93.6 cm³/mol. The van der Waals surface area contributed by atoms with Crippen LogP contribution in [0.25, 0.3) is 10.2 Å². The van der Waals surface area contributed by atoms with Crippen LogP contribution in [-0.2, 0) is 6.54 Å². The minimum absolute atomic E-state index is 0.139. The maximum atomic E-state index is 12.3. The van der Waals surface area contributed by atoms with Gasteiger partial charge in [0.1, 0.15) is 9.71 Å². The van der Waals surface area contributed by atoms with Gasteiger partial charge in [0.05, 0.1) is 12.2 Å². The molecule has 0 saturated heterocycles. The molecule has 0 aromatic carbocycles. The van der Waals surface area contributed by atoms with Gasteiger partial charge in [-0.2, -0.15) is 0 Å². The van der Waals surface area contributed by atoms with Crippen molar-refractivity contribution < 1.29 is 4.79 Å². The van der Waals surface area contributed by atoms with Crippen LogP contribution < -0.4 is 11.1 Å². The smallest absolute Gasteiger partial charge is 0.263 e. The number of fused-ring (bicyclic) bond motifs is 1. The molecule has 0 radical (unpaired) electrons. The fourth-order valence-corrected chi connectivity index (χ4v) is 3.82. The first-order valence-electron chi connectivity index (χ1n) is 7.05. The van der Waals surface area contributed by atoms with E-state index in [0.29, 0.717) is 23.0 Å². The monoisotopic (exact) mass is 331 g/mol. The summed E-state index contributed by atoms with van der Waals surface area (Å²) in [5.74, 6) is 0.212. The molecule has 0 fully saturated rings. The Balaban J connectivity index is 1.86. The summed E-state index contributed by atoms with van der Waals surface area (Å²) in [6.45, 7) is 4.72. The lowest BCUT2D eigenvalue weighted by atomic mass is 10.1. The van der Waals surface area contributed by atoms with E-state index in [0.717, 1.165) is 20.8 Å². The van der Waals surface area contributed by atoms with Gasteiger partial charge in [-0.1, -0.05) is 19.9 Å². The molecular weight excluding hydrogens is 314 g/mol. The van der Waals surface area contributed by atoms with Crippen LogP contribution in [0.5, 0.6) is 0 Å². The van der Waals surface area contributed by atoms with E-state index in [1.807, 2.05) is 29.6 Å². The molecule has 3 aromatic heterocycles. The molecule has 0 saturated carbocycles. The maximum absolute atomic E-state index is 12.3. The molecule has 0 bridgehead atoms. The van der Waals surface area contributed by atoms with Gasteiger partial charge in [0, 0.05) is 16.0 Å². The van der Waals surface area contributed by atoms with E-state index in [1.54, 1.807) is 11.3 Å². The average Bonchev–Trinajstić information content (AvgIpc) is 3.12. The molecule has 0 unspecified atom stereocenters. The van der Waals surface area contributed by atoms with E-state index in [-0.39, 0.29) is 5.91 Å². The summed E-state index contributed by atoms with van der Waals surface area (Å²) in [4.78, 5) is 19.4. The Hall–Kier alpha value is -1.92. The minimum atomic E-state index is -0.139. The first-order valence-corrected chi connectivity index (χ1v) is 8.75. The molecule has 6 heteroatoms. The summed E-state index contributed by atoms with van der Waals surface area (Å²) in [5, 5.41) is 5.76. The van der Waals surface area contributed by atoms with Crippen molar-refractivity contribution in [1.29, 1.82) is 0 Å². The van der Waals surface area contributed by atoms with Gasteiger partial charge in [-0.3, -0.25) is 4.79 Å². The summed E-state index contributed by atoms with van der Waals surface area (Å²) in [7, 11) is 0. The largest absolute Gasteiger partial charge is 0.397 e. The van der Waals surface area contributed by atoms with Crippen molar-refractivity contribution in [3.05, 3.63) is 45.1 Å². The Morgan fingerprint density at radius 3 is 2.86 bits per heavy atom. The highest BCUT2D eigenvalue weighted by molar-refractivity contribution is 7.21. The SMILES string of the molecule is CC(C)c1ccc2c(N)c(C(=O)NCc3cccs3)sc2n1. The van der Waals surface area contributed by atoms with Crippen LogP contribution in [0.3, 0.4) is 0 Å². The van der Waals surface area contributed by atoms with Crippen molar-refractivity contribution in [3.63, 3.8) is 0 Å². The molecule has 0 aliphatic carbocycles. The van der Waals surface area contributed by atoms with Crippen molar-refractivity contribution in [2.75, 3.05) is 5.73 Å². The van der Waals surface area contributed by atoms with E-state index in [1.165, 1.54) is 11.3 Å². The van der Waals surface area contributed by atoms with E-state index in [4.69, 9.17) is 5.73 Å². The molecule has 3 heterocycles. The van der Waals surface area contributed by atoms with E-state index in [9.17, 15) is 4.79 Å². The van der Waals surface area contributed by atoms with Crippen LogP contribution in [-0.4, -0.2) is 10.9 Å². The average molecular weight is 331 g/mol. The first-order chi connectivity index (χ1) is 10.6. The third-order valence-electron chi connectivity index (χ3n) is 3.42. The Kier molecular flexibility index (Phi) is 4.13. The molecule has 3 N–H and O–H groups in total. The van der Waals surface area contributed by atoms with Gasteiger partial charge in [-0.15, -0.1) is 22.7 Å². The van der Waals surface area contributed by atoms with Crippen molar-refractivity contribution in [1.82, 2.24) is 10.3 Å². The van der Waals surface area contributed by atoms with E-state index < -0.39 is 0 Å². The number of nitrogens with two attached hydrogens (primary N) is 1. The normalized spacial score (nSPS) is 11.2. The lowest BCUT2D eigenvalue weighted by molar-refractivity contribution is 0.0956. The van der Waals surface area contributed by atoms with Crippen LogP contribution in [0, 0.1) is 0 Å². The quantitative estimate of drug-likeness (QED) is 0.759. The minimum Gasteiger partial charge on any atom is -0.397 e. The van der Waals surface area contributed by atoms with E-state index in [2.05, 4.69) is 24.1 Å². The summed E-state index contributed by atoms with van der Waals surface area (Å²) in [5.41, 5.74) is 7.66. The molecule has 4 nitrogen and oxygen atoms in total. The molecule has 3 aromatic rings. The third kappa shape index (κ3) is 2.84. The second-order valence-electron chi connectivity index (χ2n) is 5.35. The first kappa shape index (κ1) is 15.0. The predicted octanol–water partition coefficient (Wildman–Crippen LogP) is 3.99. The number of hydrogen-bond acceptors (Lipinski definition) is 5. The number of carbonyl (C=O) groups is 1. The Bertz CT molecular complexity index is 806. The number of amides is 1. The number of pyridine rings is 1. The van der Waals surface area contributed by atoms with Gasteiger partial charge in [0.25, 0.3) is 5.91 Å². The van der Waals surface area contributed by atoms with Gasteiger partial charge < -0.3 is 11.1 Å². The molecule has 22 heavy (non-hydrogen) atoms. The van der Waals surface area contributed by atoms with Crippen LogP contribution in [0.4, 0.5) is 5.69 Å². The zero-order valence-electron chi connectivity index (χ0n) is 12.4. The second-order valence-corrected chi connectivity index (χ2v) is 7.38. The molecule has 0 spiro atoms. The van der Waals surface area contributed by atoms with Crippen LogP contribution >= 0.6 is 22.7 Å². The lowest BCUT2D eigenvalue weighted by Crippen LogP contribution is -2.22. The number of hydrogen-bond donors (Lipinski definition) is 2. The molecule has 3 rings (SSSR count). The third-order valence-corrected chi connectivity index (χ3v) is 5.41. The number of nitrogens with one attached hydrogen (secondary N) is 1. The van der Waals surface area contributed by atoms with Crippen molar-refractivity contribution in [2.24, 2.45) is 0 Å². The summed E-state index contributed by atoms with van der Waals surface area (Å²) < 4.78 is 0. The van der Waals surface area contributed by atoms with Crippen LogP contribution in [0.1, 0.15) is 40.0 Å². The fraction of sp³-hybridized carbons (Fsp3) is 0.250. The van der Waals surface area contributed by atoms with Gasteiger partial charge in [-0.05, 0) is 29.5 Å². The number of carbonyl (C=O) groups excluding carboxylic acids is 1. The number of rotatable bonds is 4. The van der Waals surface area contributed by atoms with Crippen molar-refractivity contribution >= 4 is 44.5 Å². The Morgan fingerprint density at radius 1 is 1.36 bits per heavy atom. The standard InChI is InChI=1S/C16H17N3OS2/c1-9(2)12-6-5-11-13(17)14(22-16(11)19-12)15(20)18-8-10-4-3-7-21-10/h3-7,9H,8,17H2,1-2H3,(H,18,20). The Labute approximate surface area is 137 Å². The topological polar surface area (TPSA) is 68.0 Å². The molecule has 0 atom stereocenters. The number of nitrogens with zero attached hydrogens (tertiary/aromatic N) is 1. The molecular formula is C16H17N3OS2. The van der Waals surface area contributed by atoms with E-state index >= 15 is 0 Å². The number of aromatic nitrogens is 1. The van der Waals surface area contributed by atoms with Gasteiger partial charge in [0.2, 0.25) is 0 Å². The lowest BCUT2D eigenvalue weighted by Gasteiger charge is -2.03. The van der Waals surface area contributed by atoms with Crippen LogP contribution in [0.15, 0.2) is 29.6 Å². The zero-order valence-corrected chi connectivity index (χ0v) is 14.1. The number of thiophene rings is 2. The van der Waals surface area contributed by atoms with Crippen molar-refractivity contribution in [3.8, 4) is 0 Å². The highest BCUT2D eigenvalue weighted by Crippen LogP contribution is 2.33. The van der Waals surface area contributed by atoms with Crippen LogP contribution in [0.2, 0.25) is 0 Å². The zero-order chi connectivity index (χ0) is 15.7. The second kappa shape index (κ2) is 6.06. The van der Waals surface area contributed by atoms with Gasteiger partial charge in [-0.25, -0.2) is 4.98 Å². The van der Waals surface area contributed by atoms with Gasteiger partial charge in [0.15, 0.2) is 0 Å². The molecule has 0 aliphatic rings. The molecule has 1 amide bonds. The maximum Gasteiger partial charge on any atom is 0.263 e. The van der Waals surface area contributed by atoms with Gasteiger partial charge >= 0.3 is 0 Å².